The van der Waals surface area contributed by atoms with Crippen molar-refractivity contribution in [3.05, 3.63) is 30.1 Å². The minimum absolute atomic E-state index is 0.112. The van der Waals surface area contributed by atoms with Gasteiger partial charge < -0.3 is 9.80 Å². The molecule has 0 spiro atoms. The summed E-state index contributed by atoms with van der Waals surface area (Å²) in [7, 11) is 2.17. The number of aromatic nitrogens is 1. The summed E-state index contributed by atoms with van der Waals surface area (Å²) in [5.41, 5.74) is 1.09. The van der Waals surface area contributed by atoms with Gasteiger partial charge in [-0.2, -0.15) is 4.31 Å². The molecule has 0 atom stereocenters. The van der Waals surface area contributed by atoms with Crippen LogP contribution in [-0.2, 0) is 21.2 Å². The molecule has 7 nitrogen and oxygen atoms in total. The first-order chi connectivity index (χ1) is 11.2. The van der Waals surface area contributed by atoms with Gasteiger partial charge in [-0.3, -0.25) is 9.78 Å². The molecule has 0 N–H and O–H groups in total. The molecule has 0 aliphatic carbocycles. The van der Waals surface area contributed by atoms with Crippen molar-refractivity contribution >= 4 is 15.9 Å². The highest BCUT2D eigenvalue weighted by Gasteiger charge is 2.21. The van der Waals surface area contributed by atoms with E-state index in [0.29, 0.717) is 25.9 Å². The zero-order chi connectivity index (χ0) is 18.2. The van der Waals surface area contributed by atoms with Gasteiger partial charge in [0.1, 0.15) is 0 Å². The maximum absolute atomic E-state index is 12.3. The number of likely N-dealkylation sites (N-methyl/N-ethyl adjacent to an activating group) is 1. The van der Waals surface area contributed by atoms with Crippen LogP contribution in [0.5, 0.6) is 0 Å². The number of rotatable bonds is 10. The van der Waals surface area contributed by atoms with E-state index in [9.17, 15) is 13.2 Å². The second kappa shape index (κ2) is 9.71. The van der Waals surface area contributed by atoms with Crippen LogP contribution in [0.1, 0.15) is 12.0 Å². The Morgan fingerprint density at radius 1 is 1.08 bits per heavy atom. The molecule has 0 unspecified atom stereocenters. The topological polar surface area (TPSA) is 73.8 Å². The van der Waals surface area contributed by atoms with E-state index >= 15 is 0 Å². The summed E-state index contributed by atoms with van der Waals surface area (Å²) in [6.07, 6.45) is 5.98. The van der Waals surface area contributed by atoms with Crippen molar-refractivity contribution < 1.29 is 13.2 Å². The second-order valence-corrected chi connectivity index (χ2v) is 8.16. The van der Waals surface area contributed by atoms with Crippen molar-refractivity contribution in [3.63, 3.8) is 0 Å². The lowest BCUT2D eigenvalue weighted by Gasteiger charge is -2.24. The standard InChI is InChI=1S/C16H28N4O3S/c1-18(2)11-5-12-20(24(4,22)23)14-16(21)19(3)13-8-15-6-9-17-10-7-15/h6-7,9-10H,5,8,11-14H2,1-4H3. The van der Waals surface area contributed by atoms with Crippen LogP contribution in [-0.4, -0.2) is 87.0 Å². The van der Waals surface area contributed by atoms with E-state index in [1.807, 2.05) is 31.1 Å². The summed E-state index contributed by atoms with van der Waals surface area (Å²) in [6.45, 7) is 1.55. The van der Waals surface area contributed by atoms with E-state index in [1.165, 1.54) is 4.31 Å². The van der Waals surface area contributed by atoms with Crippen LogP contribution < -0.4 is 0 Å². The van der Waals surface area contributed by atoms with E-state index in [0.717, 1.165) is 18.4 Å². The number of hydrogen-bond acceptors (Lipinski definition) is 5. The van der Waals surface area contributed by atoms with Gasteiger partial charge in [0.15, 0.2) is 0 Å². The van der Waals surface area contributed by atoms with Gasteiger partial charge in [-0.25, -0.2) is 8.42 Å². The van der Waals surface area contributed by atoms with Crippen LogP contribution in [0.25, 0.3) is 0 Å². The molecular weight excluding hydrogens is 328 g/mol. The predicted molar refractivity (Wildman–Crippen MR) is 95.2 cm³/mol. The Labute approximate surface area is 145 Å². The van der Waals surface area contributed by atoms with Crippen LogP contribution in [0.3, 0.4) is 0 Å². The Morgan fingerprint density at radius 2 is 1.71 bits per heavy atom. The van der Waals surface area contributed by atoms with E-state index in [1.54, 1.807) is 24.3 Å². The summed E-state index contributed by atoms with van der Waals surface area (Å²) in [5, 5.41) is 0. The number of carbonyl (C=O) groups is 1. The molecule has 0 saturated heterocycles. The molecule has 24 heavy (non-hydrogen) atoms. The molecule has 0 aliphatic heterocycles. The Hall–Kier alpha value is -1.51. The normalized spacial score (nSPS) is 11.9. The van der Waals surface area contributed by atoms with E-state index in [2.05, 4.69) is 4.98 Å². The van der Waals surface area contributed by atoms with Crippen molar-refractivity contribution in [1.82, 2.24) is 19.1 Å². The summed E-state index contributed by atoms with van der Waals surface area (Å²) in [5.74, 6) is -0.195. The molecular formula is C16H28N4O3S. The Kier molecular flexibility index (Phi) is 8.30. The molecule has 1 aromatic rings. The molecule has 8 heteroatoms. The van der Waals surface area contributed by atoms with Crippen LogP contribution >= 0.6 is 0 Å². The Bertz CT molecular complexity index is 605. The van der Waals surface area contributed by atoms with Gasteiger partial charge in [-0.1, -0.05) is 0 Å². The van der Waals surface area contributed by atoms with Gasteiger partial charge in [0, 0.05) is 32.5 Å². The van der Waals surface area contributed by atoms with E-state index in [-0.39, 0.29) is 12.5 Å². The van der Waals surface area contributed by atoms with Crippen molar-refractivity contribution in [2.45, 2.75) is 12.8 Å². The first-order valence-corrected chi connectivity index (χ1v) is 9.77. The number of nitrogens with zero attached hydrogens (tertiary/aromatic N) is 4. The summed E-state index contributed by atoms with van der Waals surface area (Å²) in [4.78, 5) is 19.8. The molecule has 136 valence electrons. The molecule has 0 bridgehead atoms. The molecule has 0 fully saturated rings. The maximum Gasteiger partial charge on any atom is 0.237 e. The molecule has 1 heterocycles. The van der Waals surface area contributed by atoms with Crippen molar-refractivity contribution in [2.75, 3.05) is 53.6 Å². The van der Waals surface area contributed by atoms with Crippen molar-refractivity contribution in [1.29, 1.82) is 0 Å². The first kappa shape index (κ1) is 20.5. The van der Waals surface area contributed by atoms with E-state index in [4.69, 9.17) is 0 Å². The van der Waals surface area contributed by atoms with E-state index < -0.39 is 10.0 Å². The average Bonchev–Trinajstić information content (AvgIpc) is 2.51. The first-order valence-electron chi connectivity index (χ1n) is 7.93. The summed E-state index contributed by atoms with van der Waals surface area (Å²) >= 11 is 0. The summed E-state index contributed by atoms with van der Waals surface area (Å²) in [6, 6.07) is 3.81. The third-order valence-electron chi connectivity index (χ3n) is 3.70. The van der Waals surface area contributed by atoms with Crippen molar-refractivity contribution in [2.24, 2.45) is 0 Å². The minimum Gasteiger partial charge on any atom is -0.344 e. The van der Waals surface area contributed by atoms with Gasteiger partial charge >= 0.3 is 0 Å². The van der Waals surface area contributed by atoms with Gasteiger partial charge in [-0.05, 0) is 51.2 Å². The highest BCUT2D eigenvalue weighted by molar-refractivity contribution is 7.88. The molecule has 1 amide bonds. The van der Waals surface area contributed by atoms with Crippen LogP contribution in [0.15, 0.2) is 24.5 Å². The average molecular weight is 356 g/mol. The zero-order valence-electron chi connectivity index (χ0n) is 15.0. The van der Waals surface area contributed by atoms with Crippen LogP contribution in [0, 0.1) is 0 Å². The third kappa shape index (κ3) is 7.85. The lowest BCUT2D eigenvalue weighted by Crippen LogP contribution is -2.42. The second-order valence-electron chi connectivity index (χ2n) is 6.17. The SMILES string of the molecule is CN(C)CCCN(CC(=O)N(C)CCc1ccncc1)S(C)(=O)=O. The molecule has 0 radical (unpaired) electrons. The lowest BCUT2D eigenvalue weighted by atomic mass is 10.2. The third-order valence-corrected chi connectivity index (χ3v) is 4.95. The quantitative estimate of drug-likeness (QED) is 0.603. The zero-order valence-corrected chi connectivity index (χ0v) is 15.8. The lowest BCUT2D eigenvalue weighted by molar-refractivity contribution is -0.130. The van der Waals surface area contributed by atoms with Crippen LogP contribution in [0.4, 0.5) is 0 Å². The number of pyridine rings is 1. The molecule has 1 rings (SSSR count). The minimum atomic E-state index is -3.40. The number of hydrogen-bond donors (Lipinski definition) is 0. The highest BCUT2D eigenvalue weighted by Crippen LogP contribution is 2.04. The number of carbonyl (C=O) groups excluding carboxylic acids is 1. The van der Waals surface area contributed by atoms with Crippen LogP contribution in [0.2, 0.25) is 0 Å². The summed E-state index contributed by atoms with van der Waals surface area (Å²) < 4.78 is 25.0. The van der Waals surface area contributed by atoms with Gasteiger partial charge in [0.05, 0.1) is 12.8 Å². The highest BCUT2D eigenvalue weighted by atomic mass is 32.2. The fourth-order valence-electron chi connectivity index (χ4n) is 2.17. The number of sulfonamides is 1. The molecule has 1 aromatic heterocycles. The number of amides is 1. The maximum atomic E-state index is 12.3. The Morgan fingerprint density at radius 3 is 2.25 bits per heavy atom. The fraction of sp³-hybridized carbons (Fsp3) is 0.625. The Balaban J connectivity index is 2.53. The van der Waals surface area contributed by atoms with Crippen molar-refractivity contribution in [3.8, 4) is 0 Å². The monoisotopic (exact) mass is 356 g/mol. The molecule has 0 aliphatic rings. The largest absolute Gasteiger partial charge is 0.344 e. The fourth-order valence-corrected chi connectivity index (χ4v) is 2.97. The predicted octanol–water partition coefficient (Wildman–Crippen LogP) is 0.296. The molecule has 0 saturated carbocycles. The molecule has 0 aromatic carbocycles. The van der Waals surface area contributed by atoms with Gasteiger partial charge in [-0.15, -0.1) is 0 Å². The van der Waals surface area contributed by atoms with Gasteiger partial charge in [0.2, 0.25) is 15.9 Å². The smallest absolute Gasteiger partial charge is 0.237 e. The van der Waals surface area contributed by atoms with Gasteiger partial charge in [0.25, 0.3) is 0 Å².